The number of rotatable bonds is 4. The van der Waals surface area contributed by atoms with Gasteiger partial charge in [-0.2, -0.15) is 5.10 Å². The molecule has 0 aromatic carbocycles. The Balaban J connectivity index is 1.55. The van der Waals surface area contributed by atoms with E-state index >= 15 is 0 Å². The Hall–Kier alpha value is -2.71. The van der Waals surface area contributed by atoms with Gasteiger partial charge in [0, 0.05) is 26.2 Å². The van der Waals surface area contributed by atoms with Crippen LogP contribution < -0.4 is 0 Å². The number of nitrogens with zero attached hydrogens (tertiary/aromatic N) is 5. The SMILES string of the molecule is C=CC(=O)N1CCCC(C(=O)N2CCC(n3cc([N+](=O)[O-])cn3)CC2)C1. The van der Waals surface area contributed by atoms with Crippen LogP contribution in [-0.4, -0.2) is 62.5 Å². The molecule has 1 aromatic rings. The average Bonchev–Trinajstić information content (AvgIpc) is 3.17. The van der Waals surface area contributed by atoms with Crippen LogP contribution in [0.1, 0.15) is 31.7 Å². The molecule has 26 heavy (non-hydrogen) atoms. The first-order chi connectivity index (χ1) is 12.5. The highest BCUT2D eigenvalue weighted by atomic mass is 16.6. The lowest BCUT2D eigenvalue weighted by atomic mass is 9.95. The summed E-state index contributed by atoms with van der Waals surface area (Å²) in [5, 5.41) is 14.9. The van der Waals surface area contributed by atoms with Gasteiger partial charge in [-0.25, -0.2) is 0 Å². The molecule has 0 bridgehead atoms. The predicted octanol–water partition coefficient (Wildman–Crippen LogP) is 1.38. The normalized spacial score (nSPS) is 21.5. The Labute approximate surface area is 151 Å². The number of nitro groups is 1. The Kier molecular flexibility index (Phi) is 5.34. The average molecular weight is 361 g/mol. The van der Waals surface area contributed by atoms with E-state index in [1.165, 1.54) is 18.5 Å². The third-order valence-corrected chi connectivity index (χ3v) is 5.21. The molecule has 2 amide bonds. The van der Waals surface area contributed by atoms with Gasteiger partial charge in [0.2, 0.25) is 11.8 Å². The molecule has 0 saturated carbocycles. The summed E-state index contributed by atoms with van der Waals surface area (Å²) in [7, 11) is 0. The summed E-state index contributed by atoms with van der Waals surface area (Å²) in [6.45, 7) is 5.84. The second-order valence-corrected chi connectivity index (χ2v) is 6.82. The van der Waals surface area contributed by atoms with Crippen LogP contribution in [-0.2, 0) is 9.59 Å². The van der Waals surface area contributed by atoms with Gasteiger partial charge in [-0.15, -0.1) is 0 Å². The van der Waals surface area contributed by atoms with Crippen LogP contribution in [0, 0.1) is 16.0 Å². The van der Waals surface area contributed by atoms with Gasteiger partial charge in [-0.05, 0) is 31.8 Å². The molecule has 2 saturated heterocycles. The van der Waals surface area contributed by atoms with Crippen molar-refractivity contribution in [3.05, 3.63) is 35.2 Å². The molecule has 9 nitrogen and oxygen atoms in total. The number of hydrogen-bond acceptors (Lipinski definition) is 5. The zero-order valence-corrected chi connectivity index (χ0v) is 14.6. The van der Waals surface area contributed by atoms with Gasteiger partial charge in [0.25, 0.3) is 0 Å². The van der Waals surface area contributed by atoms with Gasteiger partial charge in [-0.1, -0.05) is 6.58 Å². The number of piperidine rings is 2. The van der Waals surface area contributed by atoms with Gasteiger partial charge in [0.15, 0.2) is 0 Å². The van der Waals surface area contributed by atoms with Crippen LogP contribution in [0.2, 0.25) is 0 Å². The summed E-state index contributed by atoms with van der Waals surface area (Å²) in [4.78, 5) is 38.4. The molecule has 3 heterocycles. The second-order valence-electron chi connectivity index (χ2n) is 6.82. The zero-order valence-electron chi connectivity index (χ0n) is 14.6. The molecule has 2 aliphatic heterocycles. The van der Waals surface area contributed by atoms with Crippen molar-refractivity contribution in [2.75, 3.05) is 26.2 Å². The molecule has 3 rings (SSSR count). The number of aromatic nitrogens is 2. The molecule has 1 unspecified atom stereocenters. The summed E-state index contributed by atoms with van der Waals surface area (Å²) in [5.41, 5.74) is -0.0160. The predicted molar refractivity (Wildman–Crippen MR) is 93.2 cm³/mol. The highest BCUT2D eigenvalue weighted by Gasteiger charge is 2.33. The van der Waals surface area contributed by atoms with E-state index in [1.807, 2.05) is 4.90 Å². The summed E-state index contributed by atoms with van der Waals surface area (Å²) < 4.78 is 1.63. The summed E-state index contributed by atoms with van der Waals surface area (Å²) in [6, 6.07) is 0.0675. The lowest BCUT2D eigenvalue weighted by molar-refractivity contribution is -0.385. The molecule has 140 valence electrons. The fourth-order valence-electron chi connectivity index (χ4n) is 3.74. The Morgan fingerprint density at radius 2 is 1.96 bits per heavy atom. The lowest BCUT2D eigenvalue weighted by Crippen LogP contribution is -2.48. The van der Waals surface area contributed by atoms with Crippen LogP contribution in [0.25, 0.3) is 0 Å². The molecule has 9 heteroatoms. The monoisotopic (exact) mass is 361 g/mol. The van der Waals surface area contributed by atoms with Crippen molar-refractivity contribution in [1.82, 2.24) is 19.6 Å². The van der Waals surface area contributed by atoms with Crippen molar-refractivity contribution in [2.45, 2.75) is 31.7 Å². The molecule has 1 atom stereocenters. The van der Waals surface area contributed by atoms with Gasteiger partial charge in [-0.3, -0.25) is 24.4 Å². The summed E-state index contributed by atoms with van der Waals surface area (Å²) in [6.07, 6.45) is 7.04. The minimum Gasteiger partial charge on any atom is -0.342 e. The quantitative estimate of drug-likeness (QED) is 0.458. The van der Waals surface area contributed by atoms with Crippen molar-refractivity contribution < 1.29 is 14.5 Å². The van der Waals surface area contributed by atoms with E-state index in [-0.39, 0.29) is 29.5 Å². The lowest BCUT2D eigenvalue weighted by Gasteiger charge is -2.37. The third kappa shape index (κ3) is 3.76. The topological polar surface area (TPSA) is 102 Å². The number of hydrogen-bond donors (Lipinski definition) is 0. The maximum atomic E-state index is 12.8. The summed E-state index contributed by atoms with van der Waals surface area (Å²) >= 11 is 0. The van der Waals surface area contributed by atoms with Crippen LogP contribution in [0.3, 0.4) is 0 Å². The fraction of sp³-hybridized carbons (Fsp3) is 0.588. The molecular formula is C17H23N5O4. The maximum absolute atomic E-state index is 12.8. The standard InChI is InChI=1S/C17H23N5O4/c1-2-16(23)20-7-3-4-13(11-20)17(24)19-8-5-14(6-9-19)21-12-15(10-18-21)22(25)26/h2,10,12-14H,1,3-9,11H2. The van der Waals surface area contributed by atoms with E-state index in [0.29, 0.717) is 39.0 Å². The van der Waals surface area contributed by atoms with Crippen LogP contribution in [0.4, 0.5) is 5.69 Å². The number of likely N-dealkylation sites (tertiary alicyclic amines) is 2. The zero-order chi connectivity index (χ0) is 18.7. The molecule has 1 aromatic heterocycles. The Morgan fingerprint density at radius 1 is 1.23 bits per heavy atom. The fourth-order valence-corrected chi connectivity index (χ4v) is 3.74. The number of amides is 2. The van der Waals surface area contributed by atoms with E-state index in [1.54, 1.807) is 9.58 Å². The molecular weight excluding hydrogens is 338 g/mol. The van der Waals surface area contributed by atoms with Crippen LogP contribution >= 0.6 is 0 Å². The maximum Gasteiger partial charge on any atom is 0.307 e. The first kappa shape index (κ1) is 18.1. The molecule has 0 N–H and O–H groups in total. The molecule has 0 radical (unpaired) electrons. The van der Waals surface area contributed by atoms with Crippen molar-refractivity contribution in [1.29, 1.82) is 0 Å². The molecule has 2 fully saturated rings. The van der Waals surface area contributed by atoms with Crippen molar-refractivity contribution >= 4 is 17.5 Å². The van der Waals surface area contributed by atoms with Crippen LogP contribution in [0.5, 0.6) is 0 Å². The second kappa shape index (κ2) is 7.67. The minimum absolute atomic E-state index is 0.0160. The van der Waals surface area contributed by atoms with E-state index in [9.17, 15) is 19.7 Å². The van der Waals surface area contributed by atoms with Crippen LogP contribution in [0.15, 0.2) is 25.0 Å². The smallest absolute Gasteiger partial charge is 0.307 e. The third-order valence-electron chi connectivity index (χ3n) is 5.21. The largest absolute Gasteiger partial charge is 0.342 e. The molecule has 2 aliphatic rings. The van der Waals surface area contributed by atoms with Gasteiger partial charge < -0.3 is 9.80 Å². The van der Waals surface area contributed by atoms with Crippen molar-refractivity contribution in [3.8, 4) is 0 Å². The first-order valence-corrected chi connectivity index (χ1v) is 8.88. The van der Waals surface area contributed by atoms with Gasteiger partial charge in [0.1, 0.15) is 12.4 Å². The molecule has 0 aliphatic carbocycles. The first-order valence-electron chi connectivity index (χ1n) is 8.88. The Bertz CT molecular complexity index is 708. The van der Waals surface area contributed by atoms with Gasteiger partial charge >= 0.3 is 5.69 Å². The van der Waals surface area contributed by atoms with E-state index in [0.717, 1.165) is 12.8 Å². The van der Waals surface area contributed by atoms with Crippen molar-refractivity contribution in [3.63, 3.8) is 0 Å². The minimum atomic E-state index is -0.457. The van der Waals surface area contributed by atoms with E-state index in [2.05, 4.69) is 11.7 Å². The Morgan fingerprint density at radius 3 is 2.58 bits per heavy atom. The number of carbonyl (C=O) groups excluding carboxylic acids is 2. The van der Waals surface area contributed by atoms with Gasteiger partial charge in [0.05, 0.1) is 16.9 Å². The van der Waals surface area contributed by atoms with E-state index in [4.69, 9.17) is 0 Å². The highest BCUT2D eigenvalue weighted by Crippen LogP contribution is 2.26. The molecule has 0 spiro atoms. The highest BCUT2D eigenvalue weighted by molar-refractivity contribution is 5.88. The van der Waals surface area contributed by atoms with Crippen molar-refractivity contribution in [2.24, 2.45) is 5.92 Å². The summed E-state index contributed by atoms with van der Waals surface area (Å²) in [5.74, 6) is -0.187. The van der Waals surface area contributed by atoms with E-state index < -0.39 is 4.92 Å². The number of carbonyl (C=O) groups is 2.